The molecule has 0 radical (unpaired) electrons. The fourth-order valence-corrected chi connectivity index (χ4v) is 3.97. The molecule has 0 saturated carbocycles. The molecule has 0 atom stereocenters. The third-order valence-corrected chi connectivity index (χ3v) is 5.86. The van der Waals surface area contributed by atoms with Crippen molar-refractivity contribution in [3.63, 3.8) is 0 Å². The number of anilines is 1. The van der Waals surface area contributed by atoms with Crippen LogP contribution < -0.4 is 4.90 Å². The van der Waals surface area contributed by atoms with Gasteiger partial charge in [-0.15, -0.1) is 0 Å². The second-order valence-electron chi connectivity index (χ2n) is 7.40. The van der Waals surface area contributed by atoms with E-state index >= 15 is 0 Å². The third kappa shape index (κ3) is 3.64. The van der Waals surface area contributed by atoms with E-state index in [0.717, 1.165) is 60.6 Å². The Morgan fingerprint density at radius 3 is 2.50 bits per heavy atom. The number of hydrogen-bond donors (Lipinski definition) is 0. The smallest absolute Gasteiger partial charge is 0.259 e. The predicted octanol–water partition coefficient (Wildman–Crippen LogP) is 4.75. The Hall–Kier alpha value is -2.96. The molecule has 3 heterocycles. The Balaban J connectivity index is 1.54. The van der Waals surface area contributed by atoms with Gasteiger partial charge in [-0.3, -0.25) is 0 Å². The molecule has 5 rings (SSSR count). The lowest BCUT2D eigenvalue weighted by Crippen LogP contribution is -2.46. The fraction of sp³-hybridized carbons (Fsp3) is 0.261. The first kappa shape index (κ1) is 19.0. The van der Waals surface area contributed by atoms with E-state index < -0.39 is 0 Å². The van der Waals surface area contributed by atoms with Crippen molar-refractivity contribution in [1.82, 2.24) is 20.0 Å². The molecule has 0 N–H and O–H groups in total. The van der Waals surface area contributed by atoms with Crippen molar-refractivity contribution in [2.24, 2.45) is 0 Å². The summed E-state index contributed by atoms with van der Waals surface area (Å²) >= 11 is 6.00. The highest BCUT2D eigenvalue weighted by Gasteiger charge is 2.20. The van der Waals surface area contributed by atoms with Gasteiger partial charge in [0.25, 0.3) is 5.89 Å². The zero-order valence-electron chi connectivity index (χ0n) is 16.8. The highest BCUT2D eigenvalue weighted by atomic mass is 35.5. The molecule has 1 saturated heterocycles. The number of rotatable bonds is 4. The van der Waals surface area contributed by atoms with Gasteiger partial charge in [0.05, 0.1) is 11.1 Å². The molecular weight excluding hydrogens is 398 g/mol. The number of piperazine rings is 1. The summed E-state index contributed by atoms with van der Waals surface area (Å²) in [6.45, 7) is 7.29. The van der Waals surface area contributed by atoms with Gasteiger partial charge < -0.3 is 14.3 Å². The number of hydrogen-bond acceptors (Lipinski definition) is 6. The lowest BCUT2D eigenvalue weighted by Gasteiger charge is -2.35. The Bertz CT molecular complexity index is 1170. The molecule has 4 aromatic rings. The van der Waals surface area contributed by atoms with Crippen molar-refractivity contribution in [1.29, 1.82) is 0 Å². The first-order chi connectivity index (χ1) is 14.7. The number of aromatic nitrogens is 3. The van der Waals surface area contributed by atoms with Gasteiger partial charge in [-0.05, 0) is 42.9 Å². The van der Waals surface area contributed by atoms with Crippen LogP contribution in [0.5, 0.6) is 0 Å². The fourth-order valence-electron chi connectivity index (χ4n) is 3.84. The minimum atomic E-state index is 0.493. The molecule has 2 aromatic carbocycles. The molecule has 7 heteroatoms. The van der Waals surface area contributed by atoms with Crippen molar-refractivity contribution in [3.05, 3.63) is 59.6 Å². The second kappa shape index (κ2) is 8.05. The minimum Gasteiger partial charge on any atom is -0.354 e. The van der Waals surface area contributed by atoms with Crippen LogP contribution in [0.25, 0.3) is 33.7 Å². The van der Waals surface area contributed by atoms with E-state index in [9.17, 15) is 0 Å². The lowest BCUT2D eigenvalue weighted by atomic mass is 10.1. The summed E-state index contributed by atoms with van der Waals surface area (Å²) < 4.78 is 5.67. The van der Waals surface area contributed by atoms with Crippen LogP contribution in [0.1, 0.15) is 6.92 Å². The van der Waals surface area contributed by atoms with Crippen LogP contribution >= 0.6 is 11.6 Å². The van der Waals surface area contributed by atoms with Gasteiger partial charge in [0.15, 0.2) is 0 Å². The van der Waals surface area contributed by atoms with Gasteiger partial charge in [-0.1, -0.05) is 41.9 Å². The molecular formula is C23H22ClN5O. The van der Waals surface area contributed by atoms with E-state index in [1.54, 1.807) is 0 Å². The van der Waals surface area contributed by atoms with Gasteiger partial charge in [0.1, 0.15) is 5.82 Å². The number of para-hydroxylation sites is 1. The van der Waals surface area contributed by atoms with Crippen molar-refractivity contribution < 1.29 is 4.52 Å². The van der Waals surface area contributed by atoms with Crippen LogP contribution in [0, 0.1) is 0 Å². The van der Waals surface area contributed by atoms with Gasteiger partial charge >= 0.3 is 0 Å². The van der Waals surface area contributed by atoms with E-state index in [4.69, 9.17) is 21.1 Å². The molecule has 0 aliphatic carbocycles. The van der Waals surface area contributed by atoms with E-state index in [2.05, 4.69) is 32.9 Å². The average molecular weight is 420 g/mol. The molecule has 1 aliphatic rings. The summed E-state index contributed by atoms with van der Waals surface area (Å²) in [5, 5.41) is 5.87. The molecule has 152 valence electrons. The Kier molecular flexibility index (Phi) is 5.11. The molecule has 30 heavy (non-hydrogen) atoms. The van der Waals surface area contributed by atoms with Gasteiger partial charge in [-0.25, -0.2) is 4.98 Å². The van der Waals surface area contributed by atoms with E-state index in [0.29, 0.717) is 16.7 Å². The zero-order chi connectivity index (χ0) is 20.5. The summed E-state index contributed by atoms with van der Waals surface area (Å²) in [6, 6.07) is 17.6. The van der Waals surface area contributed by atoms with E-state index in [1.165, 1.54) is 0 Å². The van der Waals surface area contributed by atoms with Crippen LogP contribution in [-0.4, -0.2) is 52.7 Å². The Morgan fingerprint density at radius 1 is 0.967 bits per heavy atom. The maximum Gasteiger partial charge on any atom is 0.259 e. The first-order valence-electron chi connectivity index (χ1n) is 10.2. The molecule has 0 spiro atoms. The highest BCUT2D eigenvalue weighted by Crippen LogP contribution is 2.32. The summed E-state index contributed by atoms with van der Waals surface area (Å²) in [5.41, 5.74) is 2.69. The van der Waals surface area contributed by atoms with Crippen LogP contribution in [0.2, 0.25) is 5.02 Å². The number of pyridine rings is 1. The largest absolute Gasteiger partial charge is 0.354 e. The summed E-state index contributed by atoms with van der Waals surface area (Å²) in [5.74, 6) is 1.98. The van der Waals surface area contributed by atoms with Gasteiger partial charge in [0, 0.05) is 42.2 Å². The predicted molar refractivity (Wildman–Crippen MR) is 120 cm³/mol. The van der Waals surface area contributed by atoms with Gasteiger partial charge in [-0.2, -0.15) is 4.98 Å². The first-order valence-corrected chi connectivity index (χ1v) is 10.6. The van der Waals surface area contributed by atoms with Crippen molar-refractivity contribution in [2.75, 3.05) is 37.6 Å². The molecule has 0 unspecified atom stereocenters. The topological polar surface area (TPSA) is 58.3 Å². The maximum absolute atomic E-state index is 6.00. The third-order valence-electron chi connectivity index (χ3n) is 5.61. The van der Waals surface area contributed by atoms with E-state index in [-0.39, 0.29) is 0 Å². The van der Waals surface area contributed by atoms with Crippen LogP contribution in [0.3, 0.4) is 0 Å². The number of fused-ring (bicyclic) bond motifs is 1. The minimum absolute atomic E-state index is 0.493. The monoisotopic (exact) mass is 419 g/mol. The molecule has 0 bridgehead atoms. The number of likely N-dealkylation sites (N-methyl/N-ethyl adjacent to an activating group) is 1. The molecule has 2 aromatic heterocycles. The molecule has 0 amide bonds. The average Bonchev–Trinajstić information content (AvgIpc) is 3.29. The van der Waals surface area contributed by atoms with Crippen molar-refractivity contribution >= 4 is 28.3 Å². The normalized spacial score (nSPS) is 15.1. The van der Waals surface area contributed by atoms with Crippen LogP contribution in [0.15, 0.2) is 59.1 Å². The lowest BCUT2D eigenvalue weighted by molar-refractivity contribution is 0.270. The summed E-state index contributed by atoms with van der Waals surface area (Å²) in [6.07, 6.45) is 0. The van der Waals surface area contributed by atoms with Crippen LogP contribution in [-0.2, 0) is 0 Å². The molecule has 1 aliphatic heterocycles. The second-order valence-corrected chi connectivity index (χ2v) is 7.83. The number of benzene rings is 2. The number of nitrogens with zero attached hydrogens (tertiary/aromatic N) is 5. The van der Waals surface area contributed by atoms with Crippen LogP contribution in [0.4, 0.5) is 5.82 Å². The van der Waals surface area contributed by atoms with E-state index in [1.807, 2.05) is 48.5 Å². The molecule has 6 nitrogen and oxygen atoms in total. The standard InChI is InChI=1S/C23H22ClN5O/c1-2-28-11-13-29(14-12-28)21-15-19(18-5-3-4-6-20(18)25-21)23-26-22(27-30-23)16-7-9-17(24)10-8-16/h3-10,15H,2,11-14H2,1H3. The summed E-state index contributed by atoms with van der Waals surface area (Å²) in [7, 11) is 0. The Labute approximate surface area is 180 Å². The summed E-state index contributed by atoms with van der Waals surface area (Å²) in [4.78, 5) is 14.4. The molecule has 1 fully saturated rings. The van der Waals surface area contributed by atoms with Crippen molar-refractivity contribution in [2.45, 2.75) is 6.92 Å². The zero-order valence-corrected chi connectivity index (χ0v) is 17.5. The number of halogens is 1. The highest BCUT2D eigenvalue weighted by molar-refractivity contribution is 6.30. The Morgan fingerprint density at radius 2 is 1.73 bits per heavy atom. The maximum atomic E-state index is 6.00. The van der Waals surface area contributed by atoms with Crippen molar-refractivity contribution in [3.8, 4) is 22.8 Å². The van der Waals surface area contributed by atoms with Gasteiger partial charge in [0.2, 0.25) is 5.82 Å². The quantitative estimate of drug-likeness (QED) is 0.476. The SMILES string of the molecule is CCN1CCN(c2cc(-c3nc(-c4ccc(Cl)cc4)no3)c3ccccc3n2)CC1.